The summed E-state index contributed by atoms with van der Waals surface area (Å²) in [5.74, 6) is -1.08. The lowest BCUT2D eigenvalue weighted by atomic mass is 9.98. The maximum Gasteiger partial charge on any atom is 0.331 e. The van der Waals surface area contributed by atoms with E-state index in [1.54, 1.807) is 24.3 Å². The fourth-order valence-electron chi connectivity index (χ4n) is 2.80. The Morgan fingerprint density at radius 1 is 1.25 bits per heavy atom. The van der Waals surface area contributed by atoms with Crippen LogP contribution in [0.3, 0.4) is 0 Å². The molecule has 128 valence electrons. The Hall–Kier alpha value is -2.41. The monoisotopic (exact) mass is 332 g/mol. The molecule has 24 heavy (non-hydrogen) atoms. The molecule has 0 aromatic heterocycles. The minimum atomic E-state index is -1.37. The minimum Gasteiger partial charge on any atom is -0.479 e. The molecule has 2 aliphatic rings. The van der Waals surface area contributed by atoms with Gasteiger partial charge in [-0.15, -0.1) is 0 Å². The van der Waals surface area contributed by atoms with E-state index >= 15 is 0 Å². The number of anilines is 1. The normalized spacial score (nSPS) is 28.2. The molecular weight excluding hydrogens is 312 g/mol. The Labute approximate surface area is 139 Å². The molecule has 1 saturated carbocycles. The van der Waals surface area contributed by atoms with Crippen molar-refractivity contribution in [2.75, 3.05) is 18.5 Å². The molecule has 0 bridgehead atoms. The second-order valence-electron chi connectivity index (χ2n) is 6.53. The zero-order valence-corrected chi connectivity index (χ0v) is 13.4. The third-order valence-corrected chi connectivity index (χ3v) is 4.64. The predicted octanol–water partition coefficient (Wildman–Crippen LogP) is 1.25. The van der Waals surface area contributed by atoms with Crippen molar-refractivity contribution in [2.24, 2.45) is 11.8 Å². The molecule has 0 radical (unpaired) electrons. The Morgan fingerprint density at radius 2 is 1.92 bits per heavy atom. The van der Waals surface area contributed by atoms with E-state index in [9.17, 15) is 19.5 Å². The van der Waals surface area contributed by atoms with Crippen LogP contribution in [0.1, 0.15) is 30.1 Å². The van der Waals surface area contributed by atoms with Gasteiger partial charge in [0.15, 0.2) is 5.54 Å². The molecular formula is C17H20N2O5. The van der Waals surface area contributed by atoms with Crippen molar-refractivity contribution in [1.29, 1.82) is 0 Å². The first-order chi connectivity index (χ1) is 11.4. The van der Waals surface area contributed by atoms with Crippen molar-refractivity contribution >= 4 is 23.5 Å². The standard InChI is InChI=1S/C17H20N2O5/c1-10-8-13(10)15(21)18-12-4-2-11(3-5-12)14(20)19-17(16(22)23)6-7-24-9-17/h2-5,10,13H,6-9H2,1H3,(H,18,21)(H,19,20)(H,22,23). The molecule has 1 saturated heterocycles. The second-order valence-corrected chi connectivity index (χ2v) is 6.53. The number of carbonyl (C=O) groups excluding carboxylic acids is 2. The van der Waals surface area contributed by atoms with E-state index in [2.05, 4.69) is 10.6 Å². The van der Waals surface area contributed by atoms with Gasteiger partial charge in [-0.05, 0) is 36.6 Å². The number of rotatable bonds is 5. The van der Waals surface area contributed by atoms with Crippen molar-refractivity contribution in [3.8, 4) is 0 Å². The largest absolute Gasteiger partial charge is 0.479 e. The molecule has 0 spiro atoms. The Morgan fingerprint density at radius 3 is 2.42 bits per heavy atom. The van der Waals surface area contributed by atoms with Gasteiger partial charge in [-0.3, -0.25) is 9.59 Å². The van der Waals surface area contributed by atoms with Crippen LogP contribution in [-0.2, 0) is 14.3 Å². The highest BCUT2D eigenvalue weighted by molar-refractivity contribution is 5.99. The first kappa shape index (κ1) is 16.4. The molecule has 3 unspecified atom stereocenters. The number of hydrogen-bond donors (Lipinski definition) is 3. The summed E-state index contributed by atoms with van der Waals surface area (Å²) in [4.78, 5) is 35.6. The van der Waals surface area contributed by atoms with Crippen LogP contribution in [0, 0.1) is 11.8 Å². The Kier molecular flexibility index (Phi) is 4.28. The highest BCUT2D eigenvalue weighted by Crippen LogP contribution is 2.38. The number of amides is 2. The maximum atomic E-state index is 12.3. The van der Waals surface area contributed by atoms with Crippen LogP contribution in [0.4, 0.5) is 5.69 Å². The highest BCUT2D eigenvalue weighted by atomic mass is 16.5. The van der Waals surface area contributed by atoms with Crippen LogP contribution in [0.5, 0.6) is 0 Å². The molecule has 1 heterocycles. The zero-order chi connectivity index (χ0) is 17.3. The van der Waals surface area contributed by atoms with E-state index in [-0.39, 0.29) is 24.9 Å². The van der Waals surface area contributed by atoms with Crippen molar-refractivity contribution < 1.29 is 24.2 Å². The third kappa shape index (κ3) is 3.26. The van der Waals surface area contributed by atoms with Crippen molar-refractivity contribution in [3.63, 3.8) is 0 Å². The van der Waals surface area contributed by atoms with Crippen LogP contribution in [-0.4, -0.2) is 41.6 Å². The molecule has 1 aliphatic carbocycles. The Bertz CT molecular complexity index is 664. The predicted molar refractivity (Wildman–Crippen MR) is 85.6 cm³/mol. The topological polar surface area (TPSA) is 105 Å². The smallest absolute Gasteiger partial charge is 0.331 e. The van der Waals surface area contributed by atoms with Gasteiger partial charge in [0.25, 0.3) is 5.91 Å². The fourth-order valence-corrected chi connectivity index (χ4v) is 2.80. The van der Waals surface area contributed by atoms with Gasteiger partial charge in [0.05, 0.1) is 6.61 Å². The quantitative estimate of drug-likeness (QED) is 0.753. The van der Waals surface area contributed by atoms with Gasteiger partial charge >= 0.3 is 5.97 Å². The SMILES string of the molecule is CC1CC1C(=O)Nc1ccc(C(=O)NC2(C(=O)O)CCOC2)cc1. The fraction of sp³-hybridized carbons (Fsp3) is 0.471. The maximum absolute atomic E-state index is 12.3. The lowest BCUT2D eigenvalue weighted by Crippen LogP contribution is -2.55. The summed E-state index contributed by atoms with van der Waals surface area (Å²) in [6.45, 7) is 2.29. The molecule has 7 heteroatoms. The summed E-state index contributed by atoms with van der Waals surface area (Å²) in [6.07, 6.45) is 1.15. The molecule has 3 rings (SSSR count). The molecule has 2 fully saturated rings. The molecule has 1 aromatic carbocycles. The third-order valence-electron chi connectivity index (χ3n) is 4.64. The molecule has 1 aliphatic heterocycles. The number of ether oxygens (including phenoxy) is 1. The lowest BCUT2D eigenvalue weighted by molar-refractivity contribution is -0.144. The van der Waals surface area contributed by atoms with E-state index in [1.807, 2.05) is 6.92 Å². The van der Waals surface area contributed by atoms with Crippen molar-refractivity contribution in [3.05, 3.63) is 29.8 Å². The molecule has 3 N–H and O–H groups in total. The van der Waals surface area contributed by atoms with Crippen LogP contribution in [0.25, 0.3) is 0 Å². The summed E-state index contributed by atoms with van der Waals surface area (Å²) < 4.78 is 5.12. The first-order valence-corrected chi connectivity index (χ1v) is 7.96. The van der Waals surface area contributed by atoms with E-state index in [4.69, 9.17) is 4.74 Å². The van der Waals surface area contributed by atoms with Crippen molar-refractivity contribution in [2.45, 2.75) is 25.3 Å². The number of carbonyl (C=O) groups is 3. The summed E-state index contributed by atoms with van der Waals surface area (Å²) >= 11 is 0. The van der Waals surface area contributed by atoms with Gasteiger partial charge in [-0.1, -0.05) is 6.92 Å². The number of benzene rings is 1. The van der Waals surface area contributed by atoms with Gasteiger partial charge in [-0.25, -0.2) is 4.79 Å². The van der Waals surface area contributed by atoms with E-state index < -0.39 is 17.4 Å². The average molecular weight is 332 g/mol. The van der Waals surface area contributed by atoms with E-state index in [0.29, 0.717) is 23.8 Å². The van der Waals surface area contributed by atoms with E-state index in [0.717, 1.165) is 6.42 Å². The number of nitrogens with one attached hydrogen (secondary N) is 2. The summed E-state index contributed by atoms with van der Waals surface area (Å²) in [6, 6.07) is 6.40. The minimum absolute atomic E-state index is 0.00682. The second kappa shape index (κ2) is 6.24. The summed E-state index contributed by atoms with van der Waals surface area (Å²) in [7, 11) is 0. The van der Waals surface area contributed by atoms with Crippen LogP contribution in [0.2, 0.25) is 0 Å². The number of aliphatic carboxylic acids is 1. The Balaban J connectivity index is 1.63. The summed E-state index contributed by atoms with van der Waals surface area (Å²) in [5.41, 5.74) is -0.417. The number of carboxylic acids is 1. The highest BCUT2D eigenvalue weighted by Gasteiger charge is 2.44. The lowest BCUT2D eigenvalue weighted by Gasteiger charge is -2.23. The molecule has 1 aromatic rings. The average Bonchev–Trinajstić information content (AvgIpc) is 3.09. The van der Waals surface area contributed by atoms with E-state index in [1.165, 1.54) is 0 Å². The van der Waals surface area contributed by atoms with Crippen molar-refractivity contribution in [1.82, 2.24) is 5.32 Å². The molecule has 2 amide bonds. The van der Waals surface area contributed by atoms with Gasteiger partial charge in [0.2, 0.25) is 5.91 Å². The van der Waals surface area contributed by atoms with Crippen LogP contribution >= 0.6 is 0 Å². The van der Waals surface area contributed by atoms with Gasteiger partial charge < -0.3 is 20.5 Å². The number of hydrogen-bond acceptors (Lipinski definition) is 4. The summed E-state index contributed by atoms with van der Waals surface area (Å²) in [5, 5.41) is 14.7. The van der Waals surface area contributed by atoms with Gasteiger partial charge in [-0.2, -0.15) is 0 Å². The van der Waals surface area contributed by atoms with Crippen LogP contribution in [0.15, 0.2) is 24.3 Å². The first-order valence-electron chi connectivity index (χ1n) is 7.96. The molecule has 3 atom stereocenters. The molecule has 7 nitrogen and oxygen atoms in total. The van der Waals surface area contributed by atoms with Gasteiger partial charge in [0.1, 0.15) is 0 Å². The van der Waals surface area contributed by atoms with Gasteiger partial charge in [0, 0.05) is 30.2 Å². The number of carboxylic acid groups (broad SMARTS) is 1. The van der Waals surface area contributed by atoms with Crippen LogP contribution < -0.4 is 10.6 Å². The zero-order valence-electron chi connectivity index (χ0n) is 13.4.